The lowest BCUT2D eigenvalue weighted by atomic mass is 10.1. The Labute approximate surface area is 218 Å². The van der Waals surface area contributed by atoms with Gasteiger partial charge in [0.2, 0.25) is 11.8 Å². The molecule has 0 saturated heterocycles. The van der Waals surface area contributed by atoms with Crippen LogP contribution in [0.15, 0.2) is 83.8 Å². The molecule has 9 heteroatoms. The number of sulfonamides is 1. The van der Waals surface area contributed by atoms with Gasteiger partial charge in [-0.15, -0.1) is 0 Å². The van der Waals surface area contributed by atoms with E-state index in [0.29, 0.717) is 5.69 Å². The molecule has 0 fully saturated rings. The van der Waals surface area contributed by atoms with Crippen LogP contribution in [0.5, 0.6) is 0 Å². The maximum Gasteiger partial charge on any atom is 0.264 e. The highest BCUT2D eigenvalue weighted by Gasteiger charge is 2.33. The number of hydrogen-bond acceptors (Lipinski definition) is 4. The Hall–Kier alpha value is -3.72. The Morgan fingerprint density at radius 1 is 0.919 bits per heavy atom. The predicted octanol–water partition coefficient (Wildman–Crippen LogP) is 4.27. The normalized spacial score (nSPS) is 12.2. The molecule has 1 N–H and O–H groups in total. The van der Waals surface area contributed by atoms with Crippen molar-refractivity contribution in [2.45, 2.75) is 51.2 Å². The molecule has 0 radical (unpaired) electrons. The van der Waals surface area contributed by atoms with Crippen molar-refractivity contribution in [3.8, 4) is 0 Å². The van der Waals surface area contributed by atoms with Crippen LogP contribution in [-0.4, -0.2) is 43.8 Å². The van der Waals surface area contributed by atoms with Crippen LogP contribution in [0.25, 0.3) is 0 Å². The minimum absolute atomic E-state index is 0.0237. The Balaban J connectivity index is 2.03. The molecule has 0 aromatic heterocycles. The Bertz CT molecular complexity index is 1350. The van der Waals surface area contributed by atoms with E-state index in [2.05, 4.69) is 5.32 Å². The van der Waals surface area contributed by atoms with E-state index in [1.165, 1.54) is 35.2 Å². The maximum atomic E-state index is 14.5. The quantitative estimate of drug-likeness (QED) is 0.428. The summed E-state index contributed by atoms with van der Waals surface area (Å²) in [5.41, 5.74) is 1.33. The van der Waals surface area contributed by atoms with Gasteiger partial charge in [0.1, 0.15) is 18.4 Å². The van der Waals surface area contributed by atoms with Crippen LogP contribution in [0.3, 0.4) is 0 Å². The second kappa shape index (κ2) is 12.0. The monoisotopic (exact) mass is 525 g/mol. The lowest BCUT2D eigenvalue weighted by Gasteiger charge is -2.32. The maximum absolute atomic E-state index is 14.5. The molecule has 3 aromatic rings. The van der Waals surface area contributed by atoms with E-state index in [4.69, 9.17) is 0 Å². The predicted molar refractivity (Wildman–Crippen MR) is 142 cm³/mol. The number of nitrogens with one attached hydrogen (secondary N) is 1. The fraction of sp³-hybridized carbons (Fsp3) is 0.286. The first kappa shape index (κ1) is 27.9. The summed E-state index contributed by atoms with van der Waals surface area (Å²) in [6.45, 7) is 6.17. The second-order valence-electron chi connectivity index (χ2n) is 9.12. The summed E-state index contributed by atoms with van der Waals surface area (Å²) in [5.74, 6) is -1.59. The summed E-state index contributed by atoms with van der Waals surface area (Å²) in [6, 6.07) is 19.4. The summed E-state index contributed by atoms with van der Waals surface area (Å²) in [4.78, 5) is 27.8. The zero-order chi connectivity index (χ0) is 27.2. The number of nitrogens with zero attached hydrogens (tertiary/aromatic N) is 2. The van der Waals surface area contributed by atoms with E-state index in [1.807, 2.05) is 13.0 Å². The second-order valence-corrected chi connectivity index (χ2v) is 11.0. The van der Waals surface area contributed by atoms with Gasteiger partial charge in [-0.25, -0.2) is 12.8 Å². The number of halogens is 1. The fourth-order valence-corrected chi connectivity index (χ4v) is 5.26. The summed E-state index contributed by atoms with van der Waals surface area (Å²) in [5, 5.41) is 2.77. The van der Waals surface area contributed by atoms with E-state index in [9.17, 15) is 22.4 Å². The highest BCUT2D eigenvalue weighted by molar-refractivity contribution is 7.92. The molecule has 0 bridgehead atoms. The first-order valence-electron chi connectivity index (χ1n) is 12.0. The SMILES string of the molecule is Cc1cccc(N(CC(=O)N(Cc2ccccc2F)[C@H](C)C(=O)NC(C)C)S(=O)(=O)c2ccccc2)c1. The van der Waals surface area contributed by atoms with Crippen LogP contribution < -0.4 is 9.62 Å². The fourth-order valence-electron chi connectivity index (χ4n) is 3.83. The number of carbonyl (C=O) groups is 2. The molecule has 2 amide bonds. The standard InChI is InChI=1S/C28H32FN3O4S/c1-20(2)30-28(34)22(4)31(18-23-12-8-9-16-26(23)29)27(33)19-32(24-13-10-11-21(3)17-24)37(35,36)25-14-6-5-7-15-25/h5-17,20,22H,18-19H2,1-4H3,(H,30,34)/t22-/m1/s1. The number of amides is 2. The van der Waals surface area contributed by atoms with Gasteiger partial charge >= 0.3 is 0 Å². The van der Waals surface area contributed by atoms with Gasteiger partial charge < -0.3 is 10.2 Å². The number of aryl methyl sites for hydroxylation is 1. The smallest absolute Gasteiger partial charge is 0.264 e. The molecular formula is C28H32FN3O4S. The zero-order valence-electron chi connectivity index (χ0n) is 21.4. The first-order chi connectivity index (χ1) is 17.5. The minimum atomic E-state index is -4.13. The van der Waals surface area contributed by atoms with Crippen LogP contribution in [0.4, 0.5) is 10.1 Å². The third kappa shape index (κ3) is 6.95. The number of carbonyl (C=O) groups excluding carboxylic acids is 2. The third-order valence-corrected chi connectivity index (χ3v) is 7.58. The lowest BCUT2D eigenvalue weighted by Crippen LogP contribution is -2.52. The number of rotatable bonds is 10. The van der Waals surface area contributed by atoms with E-state index in [1.54, 1.807) is 63.2 Å². The summed E-state index contributed by atoms with van der Waals surface area (Å²) in [6.07, 6.45) is 0. The number of anilines is 1. The lowest BCUT2D eigenvalue weighted by molar-refractivity contribution is -0.139. The molecule has 1 atom stereocenters. The molecule has 196 valence electrons. The van der Waals surface area contributed by atoms with E-state index < -0.39 is 40.2 Å². The van der Waals surface area contributed by atoms with E-state index >= 15 is 0 Å². The van der Waals surface area contributed by atoms with Gasteiger partial charge in [0, 0.05) is 18.2 Å². The molecule has 0 aliphatic rings. The van der Waals surface area contributed by atoms with Gasteiger partial charge in [-0.05, 0) is 63.6 Å². The largest absolute Gasteiger partial charge is 0.352 e. The zero-order valence-corrected chi connectivity index (χ0v) is 22.2. The van der Waals surface area contributed by atoms with Crippen molar-refractivity contribution in [1.82, 2.24) is 10.2 Å². The summed E-state index contributed by atoms with van der Waals surface area (Å²) >= 11 is 0. The van der Waals surface area contributed by atoms with Crippen LogP contribution in [0.1, 0.15) is 31.9 Å². The Kier molecular flexibility index (Phi) is 9.04. The molecule has 0 saturated carbocycles. The third-order valence-electron chi connectivity index (χ3n) is 5.80. The molecular weight excluding hydrogens is 493 g/mol. The molecule has 0 heterocycles. The van der Waals surface area contributed by atoms with E-state index in [-0.39, 0.29) is 23.0 Å². The Morgan fingerprint density at radius 3 is 2.19 bits per heavy atom. The van der Waals surface area contributed by atoms with Gasteiger partial charge in [-0.3, -0.25) is 13.9 Å². The van der Waals surface area contributed by atoms with Crippen molar-refractivity contribution >= 4 is 27.5 Å². The summed E-state index contributed by atoms with van der Waals surface area (Å²) < 4.78 is 42.9. The summed E-state index contributed by atoms with van der Waals surface area (Å²) in [7, 11) is -4.13. The highest BCUT2D eigenvalue weighted by atomic mass is 32.2. The average molecular weight is 526 g/mol. The van der Waals surface area contributed by atoms with Crippen molar-refractivity contribution in [2.24, 2.45) is 0 Å². The van der Waals surface area contributed by atoms with Crippen molar-refractivity contribution < 1.29 is 22.4 Å². The van der Waals surface area contributed by atoms with Gasteiger partial charge in [0.15, 0.2) is 0 Å². The molecule has 37 heavy (non-hydrogen) atoms. The van der Waals surface area contributed by atoms with Gasteiger partial charge in [-0.2, -0.15) is 0 Å². The highest BCUT2D eigenvalue weighted by Crippen LogP contribution is 2.25. The molecule has 3 rings (SSSR count). The number of benzene rings is 3. The molecule has 3 aromatic carbocycles. The first-order valence-corrected chi connectivity index (χ1v) is 13.4. The molecule has 0 spiro atoms. The van der Waals surface area contributed by atoms with Gasteiger partial charge in [0.25, 0.3) is 10.0 Å². The minimum Gasteiger partial charge on any atom is -0.352 e. The molecule has 0 aliphatic heterocycles. The average Bonchev–Trinajstić information content (AvgIpc) is 2.86. The van der Waals surface area contributed by atoms with Crippen molar-refractivity contribution in [2.75, 3.05) is 10.8 Å². The van der Waals surface area contributed by atoms with Crippen LogP contribution in [0.2, 0.25) is 0 Å². The van der Waals surface area contributed by atoms with Crippen LogP contribution in [-0.2, 0) is 26.2 Å². The van der Waals surface area contributed by atoms with Crippen molar-refractivity contribution in [3.63, 3.8) is 0 Å². The number of hydrogen-bond donors (Lipinski definition) is 1. The molecule has 0 unspecified atom stereocenters. The van der Waals surface area contributed by atoms with Crippen LogP contribution in [0, 0.1) is 12.7 Å². The van der Waals surface area contributed by atoms with Crippen LogP contribution >= 0.6 is 0 Å². The Morgan fingerprint density at radius 2 is 1.57 bits per heavy atom. The topological polar surface area (TPSA) is 86.8 Å². The van der Waals surface area contributed by atoms with Crippen molar-refractivity contribution in [3.05, 3.63) is 95.8 Å². The van der Waals surface area contributed by atoms with Gasteiger partial charge in [0.05, 0.1) is 10.6 Å². The molecule has 0 aliphatic carbocycles. The van der Waals surface area contributed by atoms with E-state index in [0.717, 1.165) is 9.87 Å². The van der Waals surface area contributed by atoms with Crippen molar-refractivity contribution in [1.29, 1.82) is 0 Å². The van der Waals surface area contributed by atoms with Gasteiger partial charge in [-0.1, -0.05) is 48.5 Å². The molecule has 7 nitrogen and oxygen atoms in total.